The summed E-state index contributed by atoms with van der Waals surface area (Å²) in [6.45, 7) is 0. The number of aromatic nitrogens is 2. The minimum Gasteiger partial charge on any atom is -0.253 e. The fourth-order valence-corrected chi connectivity index (χ4v) is 1.05. The third kappa shape index (κ3) is 6.29. The molecule has 0 unspecified atom stereocenters. The number of rotatable bonds is 0. The van der Waals surface area contributed by atoms with E-state index in [1.165, 1.54) is 0 Å². The van der Waals surface area contributed by atoms with Crippen molar-refractivity contribution < 1.29 is 19.5 Å². The molecule has 0 amide bonds. The fraction of sp³-hybridized carbons (Fsp3) is 0. The van der Waals surface area contributed by atoms with E-state index in [4.69, 9.17) is 0 Å². The Morgan fingerprint density at radius 3 is 1.36 bits per heavy atom. The van der Waals surface area contributed by atoms with Crippen molar-refractivity contribution in [1.29, 1.82) is 0 Å². The third-order valence-corrected chi connectivity index (χ3v) is 1.74. The largest absolute Gasteiger partial charge is 0.253 e. The standard InChI is InChI=1S/2C3H3NS.Zn/c2*1-2-5-3-4-1;/h2*1-3H;. The van der Waals surface area contributed by atoms with Crippen molar-refractivity contribution in [3.63, 3.8) is 0 Å². The first-order valence-electron chi connectivity index (χ1n) is 2.64. The molecular weight excluding hydrogens is 230 g/mol. The summed E-state index contributed by atoms with van der Waals surface area (Å²) in [6.07, 6.45) is 3.54. The van der Waals surface area contributed by atoms with Gasteiger partial charge in [0, 0.05) is 42.6 Å². The molecule has 0 N–H and O–H groups in total. The summed E-state index contributed by atoms with van der Waals surface area (Å²) in [5, 5.41) is 3.86. The zero-order valence-electron chi connectivity index (χ0n) is 5.88. The van der Waals surface area contributed by atoms with Crippen LogP contribution in [-0.4, -0.2) is 9.97 Å². The van der Waals surface area contributed by atoms with Crippen LogP contribution in [0.1, 0.15) is 0 Å². The van der Waals surface area contributed by atoms with E-state index in [-0.39, 0.29) is 19.5 Å². The van der Waals surface area contributed by atoms with Crippen LogP contribution < -0.4 is 0 Å². The van der Waals surface area contributed by atoms with Crippen molar-refractivity contribution in [2.75, 3.05) is 0 Å². The van der Waals surface area contributed by atoms with E-state index < -0.39 is 0 Å². The van der Waals surface area contributed by atoms with Crippen molar-refractivity contribution in [1.82, 2.24) is 9.97 Å². The Bertz CT molecular complexity index is 158. The molecular formula is C6H6N2S2Zn. The molecule has 11 heavy (non-hydrogen) atoms. The van der Waals surface area contributed by atoms with Gasteiger partial charge in [-0.25, -0.2) is 0 Å². The zero-order chi connectivity index (χ0) is 7.07. The van der Waals surface area contributed by atoms with Crippen LogP contribution in [-0.2, 0) is 19.5 Å². The zero-order valence-corrected chi connectivity index (χ0v) is 10.5. The molecule has 0 fully saturated rings. The van der Waals surface area contributed by atoms with Crippen LogP contribution in [0.15, 0.2) is 34.2 Å². The maximum absolute atomic E-state index is 3.74. The van der Waals surface area contributed by atoms with Gasteiger partial charge in [-0.05, 0) is 0 Å². The predicted octanol–water partition coefficient (Wildman–Crippen LogP) is 2.28. The maximum Gasteiger partial charge on any atom is 0.0791 e. The Kier molecular flexibility index (Phi) is 7.90. The number of thiazole rings is 2. The van der Waals surface area contributed by atoms with Gasteiger partial charge >= 0.3 is 0 Å². The first-order valence-corrected chi connectivity index (χ1v) is 4.53. The molecule has 2 rings (SSSR count). The van der Waals surface area contributed by atoms with Crippen LogP contribution in [0.2, 0.25) is 0 Å². The quantitative estimate of drug-likeness (QED) is 0.655. The van der Waals surface area contributed by atoms with Gasteiger partial charge in [-0.1, -0.05) is 0 Å². The maximum atomic E-state index is 3.74. The second-order valence-electron chi connectivity index (χ2n) is 1.35. The molecule has 0 atom stereocenters. The van der Waals surface area contributed by atoms with Crippen LogP contribution in [0, 0.1) is 0 Å². The molecule has 2 aromatic heterocycles. The molecule has 0 aliphatic rings. The summed E-state index contributed by atoms with van der Waals surface area (Å²) in [6, 6.07) is 0. The summed E-state index contributed by atoms with van der Waals surface area (Å²) in [5.74, 6) is 0. The molecule has 0 spiro atoms. The second-order valence-corrected chi connectivity index (χ2v) is 2.86. The van der Waals surface area contributed by atoms with E-state index >= 15 is 0 Å². The minimum atomic E-state index is 0. The van der Waals surface area contributed by atoms with Crippen molar-refractivity contribution in [2.24, 2.45) is 0 Å². The van der Waals surface area contributed by atoms with Gasteiger partial charge in [0.05, 0.1) is 11.0 Å². The molecule has 0 radical (unpaired) electrons. The number of nitrogens with zero attached hydrogens (tertiary/aromatic N) is 2. The topological polar surface area (TPSA) is 25.8 Å². The Hall–Kier alpha value is -0.117. The molecule has 0 aliphatic heterocycles. The molecule has 2 nitrogen and oxygen atoms in total. The Balaban J connectivity index is 0.000000167. The van der Waals surface area contributed by atoms with Gasteiger partial charge in [0.25, 0.3) is 0 Å². The van der Waals surface area contributed by atoms with E-state index in [0.29, 0.717) is 0 Å². The normalized spacial score (nSPS) is 7.27. The molecule has 2 aromatic rings. The number of hydrogen-bond acceptors (Lipinski definition) is 4. The summed E-state index contributed by atoms with van der Waals surface area (Å²) in [7, 11) is 0. The first kappa shape index (κ1) is 10.9. The van der Waals surface area contributed by atoms with Gasteiger partial charge in [0.2, 0.25) is 0 Å². The SMILES string of the molecule is [Zn].c1cscn1.c1cscn1. The van der Waals surface area contributed by atoms with Gasteiger partial charge in [-0.15, -0.1) is 22.7 Å². The van der Waals surface area contributed by atoms with Crippen LogP contribution in [0.5, 0.6) is 0 Å². The van der Waals surface area contributed by atoms with Crippen molar-refractivity contribution in [2.45, 2.75) is 0 Å². The molecule has 0 bridgehead atoms. The van der Waals surface area contributed by atoms with Gasteiger partial charge < -0.3 is 0 Å². The Morgan fingerprint density at radius 2 is 1.27 bits per heavy atom. The minimum absolute atomic E-state index is 0. The Labute approximate surface area is 86.1 Å². The second kappa shape index (κ2) is 7.98. The smallest absolute Gasteiger partial charge is 0.0791 e. The van der Waals surface area contributed by atoms with Crippen molar-refractivity contribution >= 4 is 22.7 Å². The number of hydrogen-bond donors (Lipinski definition) is 0. The van der Waals surface area contributed by atoms with Crippen LogP contribution in [0.3, 0.4) is 0 Å². The first-order chi connectivity index (χ1) is 5.00. The molecule has 54 valence electrons. The van der Waals surface area contributed by atoms with E-state index in [9.17, 15) is 0 Å². The summed E-state index contributed by atoms with van der Waals surface area (Å²) >= 11 is 3.20. The summed E-state index contributed by atoms with van der Waals surface area (Å²) < 4.78 is 0. The monoisotopic (exact) mass is 234 g/mol. The van der Waals surface area contributed by atoms with E-state index in [1.54, 1.807) is 46.1 Å². The van der Waals surface area contributed by atoms with Gasteiger partial charge in [-0.2, -0.15) is 0 Å². The van der Waals surface area contributed by atoms with Crippen LogP contribution >= 0.6 is 22.7 Å². The van der Waals surface area contributed by atoms with Crippen molar-refractivity contribution in [3.05, 3.63) is 34.2 Å². The summed E-state index contributed by atoms with van der Waals surface area (Å²) in [4.78, 5) is 7.48. The Morgan fingerprint density at radius 1 is 0.818 bits per heavy atom. The van der Waals surface area contributed by atoms with Crippen molar-refractivity contribution in [3.8, 4) is 0 Å². The van der Waals surface area contributed by atoms with Gasteiger partial charge in [-0.3, -0.25) is 9.97 Å². The molecule has 2 heterocycles. The average Bonchev–Trinajstić information content (AvgIpc) is 2.67. The molecule has 0 aliphatic carbocycles. The predicted molar refractivity (Wildman–Crippen MR) is 44.2 cm³/mol. The van der Waals surface area contributed by atoms with E-state index in [2.05, 4.69) is 9.97 Å². The van der Waals surface area contributed by atoms with Crippen LogP contribution in [0.25, 0.3) is 0 Å². The van der Waals surface area contributed by atoms with Gasteiger partial charge in [0.15, 0.2) is 0 Å². The molecule has 0 saturated heterocycles. The van der Waals surface area contributed by atoms with E-state index in [0.717, 1.165) is 0 Å². The van der Waals surface area contributed by atoms with E-state index in [1.807, 2.05) is 10.8 Å². The average molecular weight is 236 g/mol. The molecule has 0 aromatic carbocycles. The van der Waals surface area contributed by atoms with Crippen LogP contribution in [0.4, 0.5) is 0 Å². The molecule has 0 saturated carbocycles. The third-order valence-electron chi connectivity index (χ3n) is 0.694. The fourth-order valence-electron chi connectivity index (χ4n) is 0.351. The van der Waals surface area contributed by atoms with Gasteiger partial charge in [0.1, 0.15) is 0 Å². The molecule has 5 heteroatoms. The summed E-state index contributed by atoms with van der Waals surface area (Å²) in [5.41, 5.74) is 3.58.